The number of nitrogens with one attached hydrogen (secondary N) is 2. The van der Waals surface area contributed by atoms with Crippen molar-refractivity contribution >= 4 is 41.1 Å². The van der Waals surface area contributed by atoms with E-state index in [4.69, 9.17) is 16.7 Å². The molecular formula is C13H17ClN2O3S. The zero-order valence-electron chi connectivity index (χ0n) is 11.3. The van der Waals surface area contributed by atoms with Crippen molar-refractivity contribution in [3.63, 3.8) is 0 Å². The zero-order valence-corrected chi connectivity index (χ0v) is 12.8. The molecule has 110 valence electrons. The number of amides is 2. The van der Waals surface area contributed by atoms with Crippen molar-refractivity contribution in [2.75, 3.05) is 17.3 Å². The van der Waals surface area contributed by atoms with Gasteiger partial charge in [0.2, 0.25) is 0 Å². The van der Waals surface area contributed by atoms with Crippen LogP contribution in [0.1, 0.15) is 12.0 Å². The minimum Gasteiger partial charge on any atom is -0.480 e. The summed E-state index contributed by atoms with van der Waals surface area (Å²) in [6.45, 7) is 1.78. The van der Waals surface area contributed by atoms with Gasteiger partial charge in [-0.1, -0.05) is 17.7 Å². The summed E-state index contributed by atoms with van der Waals surface area (Å²) in [5.41, 5.74) is 1.30. The summed E-state index contributed by atoms with van der Waals surface area (Å²) in [5.74, 6) is -0.384. The first-order valence-corrected chi connectivity index (χ1v) is 7.77. The molecule has 7 heteroatoms. The third-order valence-electron chi connectivity index (χ3n) is 2.73. The third-order valence-corrected chi connectivity index (χ3v) is 3.78. The van der Waals surface area contributed by atoms with Gasteiger partial charge in [-0.15, -0.1) is 0 Å². The van der Waals surface area contributed by atoms with Gasteiger partial charge in [0.25, 0.3) is 0 Å². The average Bonchev–Trinajstić information content (AvgIpc) is 2.39. The van der Waals surface area contributed by atoms with Crippen molar-refractivity contribution in [3.05, 3.63) is 28.8 Å². The summed E-state index contributed by atoms with van der Waals surface area (Å²) in [5, 5.41) is 14.6. The molecule has 5 nitrogen and oxygen atoms in total. The van der Waals surface area contributed by atoms with Crippen LogP contribution in [0.15, 0.2) is 18.2 Å². The Balaban J connectivity index is 2.66. The smallest absolute Gasteiger partial charge is 0.326 e. The van der Waals surface area contributed by atoms with Crippen molar-refractivity contribution in [1.82, 2.24) is 5.32 Å². The molecule has 1 atom stereocenters. The van der Waals surface area contributed by atoms with E-state index in [1.807, 2.05) is 6.26 Å². The highest BCUT2D eigenvalue weighted by Crippen LogP contribution is 2.22. The lowest BCUT2D eigenvalue weighted by molar-refractivity contribution is -0.139. The average molecular weight is 317 g/mol. The number of carbonyl (C=O) groups is 2. The van der Waals surface area contributed by atoms with Gasteiger partial charge in [0.05, 0.1) is 0 Å². The van der Waals surface area contributed by atoms with Crippen LogP contribution in [0.2, 0.25) is 5.02 Å². The molecule has 0 bridgehead atoms. The standard InChI is InChI=1S/C13H17ClN2O3S/c1-8-9(14)4-3-5-10(8)15-13(19)16-11(12(17)18)6-7-20-2/h3-5,11H,6-7H2,1-2H3,(H,17,18)(H2,15,16,19)/t11-/m0/s1. The predicted octanol–water partition coefficient (Wildman–Crippen LogP) is 2.98. The van der Waals surface area contributed by atoms with Crippen molar-refractivity contribution in [2.24, 2.45) is 0 Å². The summed E-state index contributed by atoms with van der Waals surface area (Å²) in [7, 11) is 0. The van der Waals surface area contributed by atoms with E-state index >= 15 is 0 Å². The van der Waals surface area contributed by atoms with Crippen LogP contribution in [0.25, 0.3) is 0 Å². The van der Waals surface area contributed by atoms with Gasteiger partial charge in [-0.3, -0.25) is 0 Å². The highest BCUT2D eigenvalue weighted by Gasteiger charge is 2.19. The van der Waals surface area contributed by atoms with Gasteiger partial charge in [0, 0.05) is 10.7 Å². The van der Waals surface area contributed by atoms with Gasteiger partial charge in [0.1, 0.15) is 6.04 Å². The molecule has 0 aliphatic carbocycles. The molecule has 0 fully saturated rings. The number of anilines is 1. The van der Waals surface area contributed by atoms with Gasteiger partial charge < -0.3 is 15.7 Å². The molecule has 20 heavy (non-hydrogen) atoms. The predicted molar refractivity (Wildman–Crippen MR) is 82.8 cm³/mol. The molecule has 0 saturated carbocycles. The lowest BCUT2D eigenvalue weighted by Crippen LogP contribution is -2.43. The Morgan fingerprint density at radius 3 is 2.75 bits per heavy atom. The lowest BCUT2D eigenvalue weighted by atomic mass is 10.2. The summed E-state index contributed by atoms with van der Waals surface area (Å²) >= 11 is 7.48. The van der Waals surface area contributed by atoms with E-state index in [2.05, 4.69) is 10.6 Å². The second-order valence-electron chi connectivity index (χ2n) is 4.18. The van der Waals surface area contributed by atoms with E-state index in [9.17, 15) is 9.59 Å². The van der Waals surface area contributed by atoms with Crippen LogP contribution in [0.4, 0.5) is 10.5 Å². The monoisotopic (exact) mass is 316 g/mol. The van der Waals surface area contributed by atoms with Crippen molar-refractivity contribution < 1.29 is 14.7 Å². The SMILES string of the molecule is CSCC[C@H](NC(=O)Nc1cccc(Cl)c1C)C(=O)O. The molecule has 1 aromatic rings. The summed E-state index contributed by atoms with van der Waals surface area (Å²) in [6.07, 6.45) is 2.26. The van der Waals surface area contributed by atoms with Crippen molar-refractivity contribution in [1.29, 1.82) is 0 Å². The first-order valence-electron chi connectivity index (χ1n) is 6.00. The van der Waals surface area contributed by atoms with E-state index in [1.54, 1.807) is 25.1 Å². The first kappa shape index (κ1) is 16.7. The molecule has 0 aliphatic heterocycles. The number of thioether (sulfide) groups is 1. The number of halogens is 1. The first-order chi connectivity index (χ1) is 9.45. The Kier molecular flexibility index (Phi) is 6.67. The molecule has 0 radical (unpaired) electrons. The molecule has 1 rings (SSSR count). The fourth-order valence-electron chi connectivity index (χ4n) is 1.55. The van der Waals surface area contributed by atoms with E-state index in [0.29, 0.717) is 22.9 Å². The van der Waals surface area contributed by atoms with Crippen molar-refractivity contribution in [3.8, 4) is 0 Å². The second kappa shape index (κ2) is 8.01. The number of carbonyl (C=O) groups excluding carboxylic acids is 1. The number of rotatable bonds is 6. The highest BCUT2D eigenvalue weighted by molar-refractivity contribution is 7.98. The number of hydrogen-bond acceptors (Lipinski definition) is 3. The van der Waals surface area contributed by atoms with E-state index < -0.39 is 18.0 Å². The number of carboxylic acid groups (broad SMARTS) is 1. The number of carboxylic acids is 1. The van der Waals surface area contributed by atoms with Gasteiger partial charge in [-0.2, -0.15) is 11.8 Å². The minimum absolute atomic E-state index is 0.373. The van der Waals surface area contributed by atoms with E-state index in [0.717, 1.165) is 5.56 Å². The van der Waals surface area contributed by atoms with Crippen LogP contribution in [-0.2, 0) is 4.79 Å². The van der Waals surface area contributed by atoms with Crippen molar-refractivity contribution in [2.45, 2.75) is 19.4 Å². The quantitative estimate of drug-likeness (QED) is 0.754. The summed E-state index contributed by atoms with van der Waals surface area (Å²) in [6, 6.07) is 3.69. The highest BCUT2D eigenvalue weighted by atomic mass is 35.5. The number of benzene rings is 1. The number of urea groups is 1. The zero-order chi connectivity index (χ0) is 15.1. The van der Waals surface area contributed by atoms with Gasteiger partial charge >= 0.3 is 12.0 Å². The maximum Gasteiger partial charge on any atom is 0.326 e. The Hall–Kier alpha value is -1.40. The normalized spacial score (nSPS) is 11.8. The van der Waals surface area contributed by atoms with Crippen LogP contribution < -0.4 is 10.6 Å². The van der Waals surface area contributed by atoms with E-state index in [-0.39, 0.29) is 0 Å². The molecule has 0 saturated heterocycles. The summed E-state index contributed by atoms with van der Waals surface area (Å²) < 4.78 is 0. The fourth-order valence-corrected chi connectivity index (χ4v) is 2.20. The second-order valence-corrected chi connectivity index (χ2v) is 5.58. The maximum atomic E-state index is 11.8. The molecule has 2 amide bonds. The van der Waals surface area contributed by atoms with Crippen LogP contribution >= 0.6 is 23.4 Å². The Morgan fingerprint density at radius 1 is 1.45 bits per heavy atom. The number of aliphatic carboxylic acids is 1. The largest absolute Gasteiger partial charge is 0.480 e. The molecule has 3 N–H and O–H groups in total. The minimum atomic E-state index is -1.04. The molecule has 0 unspecified atom stereocenters. The van der Waals surface area contributed by atoms with Crippen LogP contribution in [-0.4, -0.2) is 35.2 Å². The maximum absolute atomic E-state index is 11.8. The molecule has 0 aromatic heterocycles. The molecule has 0 spiro atoms. The topological polar surface area (TPSA) is 78.4 Å². The van der Waals surface area contributed by atoms with Gasteiger partial charge in [-0.05, 0) is 43.0 Å². The number of hydrogen-bond donors (Lipinski definition) is 3. The van der Waals surface area contributed by atoms with Crippen LogP contribution in [0.3, 0.4) is 0 Å². The molecule has 0 aliphatic rings. The van der Waals surface area contributed by atoms with E-state index in [1.165, 1.54) is 11.8 Å². The summed E-state index contributed by atoms with van der Waals surface area (Å²) in [4.78, 5) is 22.9. The third kappa shape index (κ3) is 4.94. The Morgan fingerprint density at radius 2 is 2.15 bits per heavy atom. The lowest BCUT2D eigenvalue weighted by Gasteiger charge is -2.15. The van der Waals surface area contributed by atoms with Gasteiger partial charge in [0.15, 0.2) is 0 Å². The fraction of sp³-hybridized carbons (Fsp3) is 0.385. The Bertz CT molecular complexity index is 497. The van der Waals surface area contributed by atoms with Crippen LogP contribution in [0.5, 0.6) is 0 Å². The molecule has 0 heterocycles. The molecule has 1 aromatic carbocycles. The van der Waals surface area contributed by atoms with Crippen LogP contribution in [0, 0.1) is 6.92 Å². The Labute approximate surface area is 127 Å². The van der Waals surface area contributed by atoms with Gasteiger partial charge in [-0.25, -0.2) is 9.59 Å². The molecular weight excluding hydrogens is 300 g/mol.